The third-order valence-corrected chi connectivity index (χ3v) is 5.04. The van der Waals surface area contributed by atoms with Crippen LogP contribution in [0.25, 0.3) is 0 Å². The molecule has 1 aromatic carbocycles. The second-order valence-electron chi connectivity index (χ2n) is 4.60. The minimum Gasteiger partial charge on any atom is -0.497 e. The van der Waals surface area contributed by atoms with Crippen molar-refractivity contribution in [3.63, 3.8) is 0 Å². The van der Waals surface area contributed by atoms with E-state index in [1.54, 1.807) is 18.9 Å². The van der Waals surface area contributed by atoms with Crippen molar-refractivity contribution in [3.8, 4) is 5.75 Å². The van der Waals surface area contributed by atoms with Crippen molar-refractivity contribution < 1.29 is 14.6 Å². The molecule has 3 nitrogen and oxygen atoms in total. The van der Waals surface area contributed by atoms with E-state index >= 15 is 0 Å². The van der Waals surface area contributed by atoms with Gasteiger partial charge in [-0.25, -0.2) is 0 Å². The highest BCUT2D eigenvalue weighted by atomic mass is 32.2. The molecular formula is C14H18O3S. The van der Waals surface area contributed by atoms with E-state index in [-0.39, 0.29) is 11.2 Å². The number of carbonyl (C=O) groups is 1. The molecule has 1 saturated heterocycles. The predicted octanol–water partition coefficient (Wildman–Crippen LogP) is 3.28. The van der Waals surface area contributed by atoms with Crippen LogP contribution in [0.15, 0.2) is 24.3 Å². The number of thioether (sulfide) groups is 1. The summed E-state index contributed by atoms with van der Waals surface area (Å²) in [4.78, 5) is 11.1. The molecule has 0 aliphatic carbocycles. The van der Waals surface area contributed by atoms with Crippen LogP contribution < -0.4 is 4.74 Å². The molecule has 1 fully saturated rings. The van der Waals surface area contributed by atoms with Gasteiger partial charge in [0.2, 0.25) is 0 Å². The zero-order valence-corrected chi connectivity index (χ0v) is 11.3. The lowest BCUT2D eigenvalue weighted by molar-refractivity contribution is -0.137. The summed E-state index contributed by atoms with van der Waals surface area (Å²) in [6.07, 6.45) is 3.43. The van der Waals surface area contributed by atoms with Crippen LogP contribution >= 0.6 is 11.8 Å². The van der Waals surface area contributed by atoms with E-state index < -0.39 is 5.97 Å². The van der Waals surface area contributed by atoms with E-state index in [4.69, 9.17) is 9.84 Å². The van der Waals surface area contributed by atoms with Crippen LogP contribution in [0.3, 0.4) is 0 Å². The van der Waals surface area contributed by atoms with Gasteiger partial charge in [-0.2, -0.15) is 0 Å². The highest BCUT2D eigenvalue weighted by Crippen LogP contribution is 2.47. The minimum atomic E-state index is -0.722. The largest absolute Gasteiger partial charge is 0.497 e. The summed E-state index contributed by atoms with van der Waals surface area (Å²) in [7, 11) is 1.64. The van der Waals surface area contributed by atoms with Gasteiger partial charge in [-0.05, 0) is 36.3 Å². The molecule has 0 amide bonds. The van der Waals surface area contributed by atoms with Crippen molar-refractivity contribution in [2.75, 3.05) is 12.9 Å². The summed E-state index contributed by atoms with van der Waals surface area (Å²) in [5.74, 6) is 1.13. The van der Waals surface area contributed by atoms with Crippen LogP contribution in [-0.4, -0.2) is 23.9 Å². The lowest BCUT2D eigenvalue weighted by Gasteiger charge is -2.36. The molecule has 0 spiro atoms. The molecule has 4 heteroatoms. The molecule has 2 rings (SSSR count). The Morgan fingerprint density at radius 2 is 2.11 bits per heavy atom. The van der Waals surface area contributed by atoms with E-state index in [0.717, 1.165) is 29.9 Å². The maximum Gasteiger partial charge on any atom is 0.305 e. The Morgan fingerprint density at radius 3 is 2.61 bits per heavy atom. The number of carboxylic acids is 1. The predicted molar refractivity (Wildman–Crippen MR) is 73.2 cm³/mol. The molecule has 1 N–H and O–H groups in total. The summed E-state index contributed by atoms with van der Waals surface area (Å²) >= 11 is 1.78. The molecule has 1 atom stereocenters. The Bertz CT molecular complexity index is 408. The lowest BCUT2D eigenvalue weighted by atomic mass is 9.89. The zero-order valence-electron chi connectivity index (χ0n) is 10.5. The number of carboxylic acid groups (broad SMARTS) is 1. The molecule has 1 aliphatic rings. The van der Waals surface area contributed by atoms with Gasteiger partial charge in [-0.15, -0.1) is 11.8 Å². The molecule has 0 saturated carbocycles. The molecule has 1 unspecified atom stereocenters. The quantitative estimate of drug-likeness (QED) is 0.908. The summed E-state index contributed by atoms with van der Waals surface area (Å²) in [6, 6.07) is 7.82. The third-order valence-electron chi connectivity index (χ3n) is 3.41. The van der Waals surface area contributed by atoms with Crippen molar-refractivity contribution in [2.24, 2.45) is 0 Å². The second kappa shape index (κ2) is 5.65. The maximum absolute atomic E-state index is 11.1. The molecule has 1 heterocycles. The average Bonchev–Trinajstić information content (AvgIpc) is 2.39. The first kappa shape index (κ1) is 13.3. The van der Waals surface area contributed by atoms with Gasteiger partial charge >= 0.3 is 5.97 Å². The summed E-state index contributed by atoms with van der Waals surface area (Å²) in [5.41, 5.74) is 1.11. The Morgan fingerprint density at radius 1 is 1.39 bits per heavy atom. The molecule has 0 aromatic heterocycles. The van der Waals surface area contributed by atoms with Crippen LogP contribution in [-0.2, 0) is 9.54 Å². The first-order valence-electron chi connectivity index (χ1n) is 6.16. The van der Waals surface area contributed by atoms with Gasteiger partial charge in [0, 0.05) is 0 Å². The third kappa shape index (κ3) is 2.80. The van der Waals surface area contributed by atoms with Gasteiger partial charge < -0.3 is 9.84 Å². The van der Waals surface area contributed by atoms with Crippen LogP contribution in [0.2, 0.25) is 0 Å². The number of methoxy groups -OCH3 is 1. The average molecular weight is 266 g/mol. The van der Waals surface area contributed by atoms with E-state index in [2.05, 4.69) is 0 Å². The van der Waals surface area contributed by atoms with E-state index in [0.29, 0.717) is 0 Å². The first-order chi connectivity index (χ1) is 8.66. The van der Waals surface area contributed by atoms with Crippen molar-refractivity contribution in [3.05, 3.63) is 29.8 Å². The second-order valence-corrected chi connectivity index (χ2v) is 6.08. The summed E-state index contributed by atoms with van der Waals surface area (Å²) in [5, 5.41) is 9.15. The van der Waals surface area contributed by atoms with Crippen LogP contribution in [0, 0.1) is 0 Å². The number of rotatable bonds is 4. The summed E-state index contributed by atoms with van der Waals surface area (Å²) in [6.45, 7) is 0. The smallest absolute Gasteiger partial charge is 0.305 e. The SMILES string of the molecule is COc1ccc(C2(CC(=O)O)CCCCS2)cc1. The number of ether oxygens (including phenoxy) is 1. The fraction of sp³-hybridized carbons (Fsp3) is 0.500. The number of aliphatic carboxylic acids is 1. The van der Waals surface area contributed by atoms with Gasteiger partial charge in [0.05, 0.1) is 18.3 Å². The van der Waals surface area contributed by atoms with E-state index in [1.807, 2.05) is 24.3 Å². The van der Waals surface area contributed by atoms with Crippen LogP contribution in [0.4, 0.5) is 0 Å². The topological polar surface area (TPSA) is 46.5 Å². The fourth-order valence-electron chi connectivity index (χ4n) is 2.46. The molecular weight excluding hydrogens is 248 g/mol. The summed E-state index contributed by atoms with van der Waals surface area (Å²) < 4.78 is 4.89. The highest BCUT2D eigenvalue weighted by molar-refractivity contribution is 8.00. The number of benzene rings is 1. The van der Waals surface area contributed by atoms with Gasteiger partial charge in [-0.3, -0.25) is 4.79 Å². The minimum absolute atomic E-state index is 0.198. The van der Waals surface area contributed by atoms with E-state index in [1.165, 1.54) is 6.42 Å². The van der Waals surface area contributed by atoms with Gasteiger partial charge in [0.25, 0.3) is 0 Å². The first-order valence-corrected chi connectivity index (χ1v) is 7.15. The normalized spacial score (nSPS) is 23.6. The fourth-order valence-corrected chi connectivity index (χ4v) is 4.02. The molecule has 0 bridgehead atoms. The maximum atomic E-state index is 11.1. The van der Waals surface area contributed by atoms with Gasteiger partial charge in [-0.1, -0.05) is 18.6 Å². The molecule has 1 aromatic rings. The zero-order chi connectivity index (χ0) is 13.0. The Labute approximate surface area is 112 Å². The van der Waals surface area contributed by atoms with Crippen molar-refractivity contribution >= 4 is 17.7 Å². The molecule has 0 radical (unpaired) electrons. The van der Waals surface area contributed by atoms with Gasteiger partial charge in [0.15, 0.2) is 0 Å². The monoisotopic (exact) mass is 266 g/mol. The lowest BCUT2D eigenvalue weighted by Crippen LogP contribution is -2.28. The van der Waals surface area contributed by atoms with Crippen LogP contribution in [0.5, 0.6) is 5.75 Å². The van der Waals surface area contributed by atoms with E-state index in [9.17, 15) is 4.79 Å². The van der Waals surface area contributed by atoms with Crippen molar-refractivity contribution in [1.82, 2.24) is 0 Å². The van der Waals surface area contributed by atoms with Gasteiger partial charge in [0.1, 0.15) is 5.75 Å². The van der Waals surface area contributed by atoms with Crippen LogP contribution in [0.1, 0.15) is 31.2 Å². The Hall–Kier alpha value is -1.16. The van der Waals surface area contributed by atoms with Crippen molar-refractivity contribution in [1.29, 1.82) is 0 Å². The molecule has 18 heavy (non-hydrogen) atoms. The van der Waals surface area contributed by atoms with Crippen molar-refractivity contribution in [2.45, 2.75) is 30.4 Å². The standard InChI is InChI=1S/C14H18O3S/c1-17-12-6-4-11(5-7-12)14(10-13(15)16)8-2-3-9-18-14/h4-7H,2-3,8-10H2,1H3,(H,15,16). The number of hydrogen-bond donors (Lipinski definition) is 1. The molecule has 98 valence electrons. The Balaban J connectivity index is 2.29. The highest BCUT2D eigenvalue weighted by Gasteiger charge is 2.36. The Kier molecular flexibility index (Phi) is 4.17. The molecule has 1 aliphatic heterocycles. The number of hydrogen-bond acceptors (Lipinski definition) is 3.